The predicted molar refractivity (Wildman–Crippen MR) is 111 cm³/mol. The second kappa shape index (κ2) is 8.21. The third kappa shape index (κ3) is 4.05. The molecule has 4 rings (SSSR count). The number of fused-ring (bicyclic) bond motifs is 1. The second-order valence-corrected chi connectivity index (χ2v) is 9.19. The maximum Gasteiger partial charge on any atom is 0.154 e. The van der Waals surface area contributed by atoms with E-state index in [1.165, 1.54) is 31.4 Å². The minimum Gasteiger partial charge on any atom is -0.356 e. The third-order valence-corrected chi connectivity index (χ3v) is 7.48. The molecule has 0 bridgehead atoms. The first kappa shape index (κ1) is 18.2. The van der Waals surface area contributed by atoms with Crippen LogP contribution in [0, 0.1) is 5.92 Å². The van der Waals surface area contributed by atoms with Gasteiger partial charge in [-0.1, -0.05) is 17.6 Å². The molecule has 1 fully saturated rings. The Balaban J connectivity index is 1.38. The molecule has 7 nitrogen and oxygen atoms in total. The van der Waals surface area contributed by atoms with E-state index in [2.05, 4.69) is 50.1 Å². The Labute approximate surface area is 162 Å². The second-order valence-electron chi connectivity index (χ2n) is 7.17. The first-order valence-corrected chi connectivity index (χ1v) is 11.2. The Morgan fingerprint density at radius 1 is 1.22 bits per heavy atom. The van der Waals surface area contributed by atoms with Gasteiger partial charge < -0.3 is 9.88 Å². The number of H-pyrrole nitrogens is 2. The van der Waals surface area contributed by atoms with Crippen molar-refractivity contribution in [3.63, 3.8) is 0 Å². The molecule has 144 valence electrons. The number of hydrogen-bond acceptors (Lipinski definition) is 5. The van der Waals surface area contributed by atoms with Gasteiger partial charge in [0.1, 0.15) is 17.8 Å². The molecule has 0 amide bonds. The van der Waals surface area contributed by atoms with Gasteiger partial charge in [-0.3, -0.25) is 5.10 Å². The van der Waals surface area contributed by atoms with Gasteiger partial charge in [0.15, 0.2) is 5.82 Å². The molecule has 3 aromatic rings. The Morgan fingerprint density at radius 3 is 2.81 bits per heavy atom. The lowest BCUT2D eigenvalue weighted by Crippen LogP contribution is -2.36. The van der Waals surface area contributed by atoms with Crippen LogP contribution in [0.25, 0.3) is 11.0 Å². The molecular weight excluding hydrogens is 358 g/mol. The number of aromatic amines is 2. The summed E-state index contributed by atoms with van der Waals surface area (Å²) in [6, 6.07) is 4.56. The van der Waals surface area contributed by atoms with Crippen LogP contribution in [0.1, 0.15) is 32.6 Å². The van der Waals surface area contributed by atoms with Crippen LogP contribution in [-0.2, 0) is 10.7 Å². The van der Waals surface area contributed by atoms with Gasteiger partial charge in [0.05, 0.1) is 11.6 Å². The monoisotopic (exact) mass is 385 g/mol. The molecule has 1 unspecified atom stereocenters. The summed E-state index contributed by atoms with van der Waals surface area (Å²) < 4.78 is 4.84. The molecular formula is C19H27N7S. The zero-order valence-electron chi connectivity index (χ0n) is 15.9. The fourth-order valence-electron chi connectivity index (χ4n) is 3.94. The number of hydrogen-bond donors (Lipinski definition) is 2. The standard InChI is InChI=1S/C19H27N7S/c1-3-27(25-17-9-11-23-24-17)12-14-4-6-15(7-5-14)26(2)19-16-8-10-20-18(16)21-13-22-19/h8-11,13-15H,3-7,12H2,1-2H3,(H,23,24)(H,20,21,22). The van der Waals surface area contributed by atoms with Gasteiger partial charge in [-0.2, -0.15) is 5.10 Å². The molecule has 8 heteroatoms. The summed E-state index contributed by atoms with van der Waals surface area (Å²) in [5, 5.41) is 8.07. The quantitative estimate of drug-likeness (QED) is 0.675. The van der Waals surface area contributed by atoms with E-state index in [-0.39, 0.29) is 10.7 Å². The van der Waals surface area contributed by atoms with Crippen LogP contribution in [0.15, 0.2) is 35.2 Å². The molecule has 3 aromatic heterocycles. The van der Waals surface area contributed by atoms with E-state index < -0.39 is 0 Å². The van der Waals surface area contributed by atoms with Crippen molar-refractivity contribution in [2.24, 2.45) is 10.3 Å². The Morgan fingerprint density at radius 2 is 2.07 bits per heavy atom. The molecule has 1 saturated carbocycles. The van der Waals surface area contributed by atoms with Crippen molar-refractivity contribution in [1.82, 2.24) is 25.1 Å². The average molecular weight is 386 g/mol. The lowest BCUT2D eigenvalue weighted by molar-refractivity contribution is 0.344. The van der Waals surface area contributed by atoms with E-state index in [0.717, 1.165) is 34.3 Å². The van der Waals surface area contributed by atoms with E-state index in [9.17, 15) is 0 Å². The predicted octanol–water partition coefficient (Wildman–Crippen LogP) is 3.83. The van der Waals surface area contributed by atoms with Gasteiger partial charge in [-0.25, -0.2) is 14.3 Å². The van der Waals surface area contributed by atoms with Crippen molar-refractivity contribution >= 4 is 33.4 Å². The largest absolute Gasteiger partial charge is 0.356 e. The Bertz CT molecular complexity index is 894. The van der Waals surface area contributed by atoms with Crippen LogP contribution in [0.5, 0.6) is 0 Å². The van der Waals surface area contributed by atoms with Gasteiger partial charge in [0.25, 0.3) is 0 Å². The maximum absolute atomic E-state index is 4.84. The average Bonchev–Trinajstić information content (AvgIpc) is 3.39. The molecule has 27 heavy (non-hydrogen) atoms. The molecule has 0 spiro atoms. The highest BCUT2D eigenvalue weighted by atomic mass is 32.2. The minimum atomic E-state index is 0.0859. The zero-order valence-corrected chi connectivity index (χ0v) is 16.7. The van der Waals surface area contributed by atoms with Gasteiger partial charge in [0, 0.05) is 36.9 Å². The first-order chi connectivity index (χ1) is 13.2. The van der Waals surface area contributed by atoms with Gasteiger partial charge in [-0.05, 0) is 37.7 Å². The van der Waals surface area contributed by atoms with Crippen molar-refractivity contribution in [3.8, 4) is 0 Å². The summed E-state index contributed by atoms with van der Waals surface area (Å²) in [6.45, 7) is 2.24. The van der Waals surface area contributed by atoms with E-state index in [1.54, 1.807) is 12.5 Å². The fourth-order valence-corrected chi connectivity index (χ4v) is 5.64. The van der Waals surface area contributed by atoms with Gasteiger partial charge in [-0.15, -0.1) is 0 Å². The highest BCUT2D eigenvalue weighted by Crippen LogP contribution is 2.32. The normalized spacial score (nSPS) is 21.6. The first-order valence-electron chi connectivity index (χ1n) is 9.64. The molecule has 1 atom stereocenters. The lowest BCUT2D eigenvalue weighted by Gasteiger charge is -2.35. The number of aromatic nitrogens is 5. The summed E-state index contributed by atoms with van der Waals surface area (Å²) in [6.07, 6.45) is 10.3. The molecule has 0 aliphatic heterocycles. The minimum absolute atomic E-state index is 0.0859. The third-order valence-electron chi connectivity index (χ3n) is 5.51. The molecule has 1 aliphatic carbocycles. The summed E-state index contributed by atoms with van der Waals surface area (Å²) in [7, 11) is 2.26. The van der Waals surface area contributed by atoms with Crippen LogP contribution in [0.4, 0.5) is 11.6 Å². The van der Waals surface area contributed by atoms with Crippen LogP contribution < -0.4 is 4.90 Å². The van der Waals surface area contributed by atoms with Crippen LogP contribution in [-0.4, -0.2) is 49.7 Å². The highest BCUT2D eigenvalue weighted by molar-refractivity contribution is 7.87. The summed E-state index contributed by atoms with van der Waals surface area (Å²) in [5.74, 6) is 5.01. The van der Waals surface area contributed by atoms with Crippen molar-refractivity contribution < 1.29 is 0 Å². The van der Waals surface area contributed by atoms with Crippen LogP contribution >= 0.6 is 0 Å². The smallest absolute Gasteiger partial charge is 0.154 e. The summed E-state index contributed by atoms with van der Waals surface area (Å²) >= 11 is 0. The molecule has 2 N–H and O–H groups in total. The number of rotatable bonds is 6. The zero-order chi connectivity index (χ0) is 18.6. The van der Waals surface area contributed by atoms with Crippen molar-refractivity contribution in [2.45, 2.75) is 38.6 Å². The number of nitrogens with one attached hydrogen (secondary N) is 2. The number of nitrogens with zero attached hydrogens (tertiary/aromatic N) is 5. The summed E-state index contributed by atoms with van der Waals surface area (Å²) in [5.41, 5.74) is 0.910. The molecule has 0 radical (unpaired) electrons. The van der Waals surface area contributed by atoms with Crippen LogP contribution in [0.3, 0.4) is 0 Å². The summed E-state index contributed by atoms with van der Waals surface area (Å²) in [4.78, 5) is 14.4. The van der Waals surface area contributed by atoms with Gasteiger partial charge in [0.2, 0.25) is 0 Å². The Hall–Kier alpha value is -2.22. The van der Waals surface area contributed by atoms with E-state index in [0.29, 0.717) is 6.04 Å². The van der Waals surface area contributed by atoms with Gasteiger partial charge >= 0.3 is 0 Å². The highest BCUT2D eigenvalue weighted by Gasteiger charge is 2.26. The Kier molecular flexibility index (Phi) is 5.52. The lowest BCUT2D eigenvalue weighted by atomic mass is 9.86. The SMILES string of the molecule is CCS(CC1CCC(N(C)c2ncnc3[nH]ccc23)CC1)=Nc1ccn[nH]1. The van der Waals surface area contributed by atoms with Crippen molar-refractivity contribution in [3.05, 3.63) is 30.9 Å². The topological polar surface area (TPSA) is 85.8 Å². The fraction of sp³-hybridized carbons (Fsp3) is 0.526. The molecule has 0 saturated heterocycles. The molecule has 1 aliphatic rings. The van der Waals surface area contributed by atoms with E-state index in [1.807, 2.05) is 12.3 Å². The maximum atomic E-state index is 4.84. The van der Waals surface area contributed by atoms with Crippen molar-refractivity contribution in [1.29, 1.82) is 0 Å². The van der Waals surface area contributed by atoms with E-state index in [4.69, 9.17) is 4.36 Å². The number of anilines is 1. The molecule has 0 aromatic carbocycles. The van der Waals surface area contributed by atoms with E-state index >= 15 is 0 Å². The molecule has 3 heterocycles. The van der Waals surface area contributed by atoms with Crippen molar-refractivity contribution in [2.75, 3.05) is 23.5 Å². The van der Waals surface area contributed by atoms with Crippen LogP contribution in [0.2, 0.25) is 0 Å².